The number of hydrogen-bond acceptors (Lipinski definition) is 4. The van der Waals surface area contributed by atoms with Crippen LogP contribution in [0.3, 0.4) is 0 Å². The van der Waals surface area contributed by atoms with Gasteiger partial charge in [-0.3, -0.25) is 9.69 Å². The number of hydrogen-bond donors (Lipinski definition) is 1. The highest BCUT2D eigenvalue weighted by Crippen LogP contribution is 2.24. The van der Waals surface area contributed by atoms with E-state index in [1.165, 1.54) is 0 Å². The van der Waals surface area contributed by atoms with E-state index < -0.39 is 0 Å². The zero-order valence-corrected chi connectivity index (χ0v) is 15.3. The van der Waals surface area contributed by atoms with E-state index in [0.29, 0.717) is 13.1 Å². The molecule has 0 spiro atoms. The zero-order valence-electron chi connectivity index (χ0n) is 15.3. The molecule has 0 radical (unpaired) electrons. The van der Waals surface area contributed by atoms with Crippen molar-refractivity contribution in [3.8, 4) is 11.5 Å². The van der Waals surface area contributed by atoms with Crippen LogP contribution >= 0.6 is 0 Å². The fraction of sp³-hybridized carbons (Fsp3) is 0.350. The highest BCUT2D eigenvalue weighted by molar-refractivity contribution is 5.78. The van der Waals surface area contributed by atoms with Crippen molar-refractivity contribution in [3.05, 3.63) is 59.7 Å². The van der Waals surface area contributed by atoms with Crippen molar-refractivity contribution in [2.45, 2.75) is 19.5 Å². The Morgan fingerprint density at radius 3 is 2.40 bits per heavy atom. The second-order valence-electron chi connectivity index (χ2n) is 6.05. The normalized spacial score (nSPS) is 11.9. The molecule has 0 saturated heterocycles. The first kappa shape index (κ1) is 18.8. The van der Waals surface area contributed by atoms with Gasteiger partial charge in [-0.05, 0) is 37.7 Å². The molecule has 0 fully saturated rings. The van der Waals surface area contributed by atoms with E-state index in [2.05, 4.69) is 5.32 Å². The molecule has 0 aromatic heterocycles. The van der Waals surface area contributed by atoms with Crippen molar-refractivity contribution in [1.82, 2.24) is 10.2 Å². The van der Waals surface area contributed by atoms with Crippen LogP contribution in [0.15, 0.2) is 48.5 Å². The van der Waals surface area contributed by atoms with Crippen LogP contribution in [0, 0.1) is 0 Å². The van der Waals surface area contributed by atoms with Crippen molar-refractivity contribution >= 4 is 5.91 Å². The summed E-state index contributed by atoms with van der Waals surface area (Å²) in [6.07, 6.45) is 0. The first-order valence-electron chi connectivity index (χ1n) is 8.27. The van der Waals surface area contributed by atoms with Gasteiger partial charge in [-0.15, -0.1) is 0 Å². The average Bonchev–Trinajstić information content (AvgIpc) is 2.62. The van der Waals surface area contributed by atoms with Gasteiger partial charge in [0, 0.05) is 12.1 Å². The molecule has 0 heterocycles. The molecular weight excluding hydrogens is 316 g/mol. The summed E-state index contributed by atoms with van der Waals surface area (Å²) >= 11 is 0. The predicted molar refractivity (Wildman–Crippen MR) is 98.9 cm³/mol. The Kier molecular flexibility index (Phi) is 6.83. The van der Waals surface area contributed by atoms with Gasteiger partial charge in [-0.25, -0.2) is 0 Å². The van der Waals surface area contributed by atoms with Crippen LogP contribution in [0.25, 0.3) is 0 Å². The predicted octanol–water partition coefficient (Wildman–Crippen LogP) is 3.01. The number of carbonyl (C=O) groups is 1. The Labute approximate surface area is 149 Å². The number of para-hydroxylation sites is 1. The molecule has 0 bridgehead atoms. The minimum Gasteiger partial charge on any atom is -0.497 e. The van der Waals surface area contributed by atoms with Crippen LogP contribution in [0.5, 0.6) is 11.5 Å². The van der Waals surface area contributed by atoms with Gasteiger partial charge in [-0.2, -0.15) is 0 Å². The first-order valence-corrected chi connectivity index (χ1v) is 8.27. The molecule has 5 heteroatoms. The number of rotatable bonds is 8. The topological polar surface area (TPSA) is 50.8 Å². The minimum absolute atomic E-state index is 0.0191. The first-order chi connectivity index (χ1) is 12.0. The summed E-state index contributed by atoms with van der Waals surface area (Å²) in [4.78, 5) is 14.3. The fourth-order valence-corrected chi connectivity index (χ4v) is 2.73. The number of amides is 1. The number of methoxy groups -OCH3 is 2. The van der Waals surface area contributed by atoms with Gasteiger partial charge in [0.15, 0.2) is 0 Å². The van der Waals surface area contributed by atoms with Crippen LogP contribution in [0.2, 0.25) is 0 Å². The van der Waals surface area contributed by atoms with Crippen molar-refractivity contribution < 1.29 is 14.3 Å². The van der Waals surface area contributed by atoms with Crippen LogP contribution in [-0.4, -0.2) is 38.6 Å². The molecule has 0 aliphatic rings. The average molecular weight is 342 g/mol. The second-order valence-corrected chi connectivity index (χ2v) is 6.05. The monoisotopic (exact) mass is 342 g/mol. The van der Waals surface area contributed by atoms with Crippen LogP contribution in [0.1, 0.15) is 24.1 Å². The second kappa shape index (κ2) is 9.08. The third-order valence-electron chi connectivity index (χ3n) is 4.01. The summed E-state index contributed by atoms with van der Waals surface area (Å²) < 4.78 is 10.5. The molecule has 2 aromatic carbocycles. The lowest BCUT2D eigenvalue weighted by atomic mass is 10.1. The van der Waals surface area contributed by atoms with Crippen molar-refractivity contribution in [2.24, 2.45) is 0 Å². The molecule has 0 aliphatic heterocycles. The van der Waals surface area contributed by atoms with Gasteiger partial charge < -0.3 is 14.8 Å². The van der Waals surface area contributed by atoms with Crippen LogP contribution < -0.4 is 14.8 Å². The summed E-state index contributed by atoms with van der Waals surface area (Å²) in [6, 6.07) is 15.5. The Balaban J connectivity index is 1.88. The molecule has 1 N–H and O–H groups in total. The molecule has 0 saturated carbocycles. The van der Waals surface area contributed by atoms with E-state index in [1.54, 1.807) is 14.2 Å². The highest BCUT2D eigenvalue weighted by atomic mass is 16.5. The molecule has 1 atom stereocenters. The molecule has 134 valence electrons. The summed E-state index contributed by atoms with van der Waals surface area (Å²) in [5.41, 5.74) is 2.10. The van der Waals surface area contributed by atoms with Crippen molar-refractivity contribution in [2.75, 3.05) is 27.8 Å². The van der Waals surface area contributed by atoms with Gasteiger partial charge in [0.05, 0.1) is 26.8 Å². The Bertz CT molecular complexity index is 686. The molecule has 25 heavy (non-hydrogen) atoms. The lowest BCUT2D eigenvalue weighted by Crippen LogP contribution is -2.36. The van der Waals surface area contributed by atoms with E-state index in [4.69, 9.17) is 9.47 Å². The number of likely N-dealkylation sites (N-methyl/N-ethyl adjacent to an activating group) is 1. The smallest absolute Gasteiger partial charge is 0.234 e. The van der Waals surface area contributed by atoms with Gasteiger partial charge in [0.2, 0.25) is 5.91 Å². The number of nitrogens with one attached hydrogen (secondary N) is 1. The largest absolute Gasteiger partial charge is 0.497 e. The third kappa shape index (κ3) is 5.50. The number of ether oxygens (including phenoxy) is 2. The fourth-order valence-electron chi connectivity index (χ4n) is 2.73. The van der Waals surface area contributed by atoms with E-state index in [-0.39, 0.29) is 11.9 Å². The van der Waals surface area contributed by atoms with E-state index >= 15 is 0 Å². The Hall–Kier alpha value is -2.53. The maximum Gasteiger partial charge on any atom is 0.234 e. The quantitative estimate of drug-likeness (QED) is 0.801. The van der Waals surface area contributed by atoms with Gasteiger partial charge in [-0.1, -0.05) is 30.3 Å². The molecule has 1 amide bonds. The van der Waals surface area contributed by atoms with E-state index in [1.807, 2.05) is 67.4 Å². The molecule has 2 rings (SSSR count). The van der Waals surface area contributed by atoms with E-state index in [9.17, 15) is 4.79 Å². The number of benzene rings is 2. The van der Waals surface area contributed by atoms with Crippen molar-refractivity contribution in [3.63, 3.8) is 0 Å². The summed E-state index contributed by atoms with van der Waals surface area (Å²) in [5, 5.41) is 3.03. The SMILES string of the molecule is COc1ccc(CN(C)CC(=O)NC(C)c2ccccc2OC)cc1. The molecule has 5 nitrogen and oxygen atoms in total. The molecular formula is C20H26N2O3. The maximum absolute atomic E-state index is 12.3. The zero-order chi connectivity index (χ0) is 18.2. The lowest BCUT2D eigenvalue weighted by Gasteiger charge is -2.20. The van der Waals surface area contributed by atoms with Gasteiger partial charge in [0.1, 0.15) is 11.5 Å². The maximum atomic E-state index is 12.3. The standard InChI is InChI=1S/C20H26N2O3/c1-15(18-7-5-6-8-19(18)25-4)21-20(23)14-22(2)13-16-9-11-17(24-3)12-10-16/h5-12,15H,13-14H2,1-4H3,(H,21,23). The van der Waals surface area contributed by atoms with Crippen LogP contribution in [-0.2, 0) is 11.3 Å². The van der Waals surface area contributed by atoms with Gasteiger partial charge >= 0.3 is 0 Å². The Morgan fingerprint density at radius 2 is 1.76 bits per heavy atom. The third-order valence-corrected chi connectivity index (χ3v) is 4.01. The Morgan fingerprint density at radius 1 is 1.08 bits per heavy atom. The van der Waals surface area contributed by atoms with Crippen LogP contribution in [0.4, 0.5) is 0 Å². The lowest BCUT2D eigenvalue weighted by molar-refractivity contribution is -0.122. The number of nitrogens with zero attached hydrogens (tertiary/aromatic N) is 1. The minimum atomic E-state index is -0.113. The highest BCUT2D eigenvalue weighted by Gasteiger charge is 2.14. The molecule has 1 unspecified atom stereocenters. The number of carbonyl (C=O) groups excluding carboxylic acids is 1. The summed E-state index contributed by atoms with van der Waals surface area (Å²) in [5.74, 6) is 1.59. The van der Waals surface area contributed by atoms with Gasteiger partial charge in [0.25, 0.3) is 0 Å². The van der Waals surface area contributed by atoms with Crippen molar-refractivity contribution in [1.29, 1.82) is 0 Å². The summed E-state index contributed by atoms with van der Waals surface area (Å²) in [6.45, 7) is 2.98. The van der Waals surface area contributed by atoms with E-state index in [0.717, 1.165) is 22.6 Å². The molecule has 2 aromatic rings. The summed E-state index contributed by atoms with van der Waals surface area (Å²) in [7, 11) is 5.21. The molecule has 0 aliphatic carbocycles.